The second-order valence-corrected chi connectivity index (χ2v) is 10.7. The first-order valence-electron chi connectivity index (χ1n) is 9.27. The van der Waals surface area contributed by atoms with E-state index in [4.69, 9.17) is 0 Å². The molecule has 0 aromatic heterocycles. The molecule has 0 unspecified atom stereocenters. The maximum atomic E-state index is 12.1. The van der Waals surface area contributed by atoms with Crippen molar-refractivity contribution in [2.24, 2.45) is 0 Å². The third-order valence-electron chi connectivity index (χ3n) is 4.38. The summed E-state index contributed by atoms with van der Waals surface area (Å²) in [7, 11) is -7.29. The fourth-order valence-electron chi connectivity index (χ4n) is 2.80. The standard InChI is InChI=1S/2C12H11O2P.Ti/c2*13-15(14,11-7-3-1-4-8-11)12-9-5-2-6-10-12;/h2*1-10H,(H,13,14);/q;;+2/p-2. The molecule has 0 saturated heterocycles. The van der Waals surface area contributed by atoms with E-state index in [2.05, 4.69) is 0 Å². The Labute approximate surface area is 197 Å². The molecule has 31 heavy (non-hydrogen) atoms. The molecule has 0 bridgehead atoms. The van der Waals surface area contributed by atoms with Gasteiger partial charge in [-0.1, -0.05) is 121 Å². The molecule has 0 N–H and O–H groups in total. The Morgan fingerprint density at radius 2 is 0.548 bits per heavy atom. The summed E-state index contributed by atoms with van der Waals surface area (Å²) in [4.78, 5) is 24.1. The topological polar surface area (TPSA) is 80.3 Å². The minimum atomic E-state index is -3.65. The van der Waals surface area contributed by atoms with Gasteiger partial charge >= 0.3 is 21.7 Å². The summed E-state index contributed by atoms with van der Waals surface area (Å²) in [6, 6.07) is 33.9. The molecule has 0 aliphatic heterocycles. The van der Waals surface area contributed by atoms with E-state index in [0.717, 1.165) is 0 Å². The first kappa shape index (κ1) is 25.2. The van der Waals surface area contributed by atoms with Gasteiger partial charge in [0.15, 0.2) is 0 Å². The van der Waals surface area contributed by atoms with Gasteiger partial charge in [-0.3, -0.25) is 0 Å². The van der Waals surface area contributed by atoms with Crippen molar-refractivity contribution in [1.29, 1.82) is 0 Å². The van der Waals surface area contributed by atoms with Crippen LogP contribution in [0.2, 0.25) is 0 Å². The van der Waals surface area contributed by atoms with E-state index in [-0.39, 0.29) is 21.7 Å². The average molecular weight is 482 g/mol. The summed E-state index contributed by atoms with van der Waals surface area (Å²) in [6.45, 7) is 0. The van der Waals surface area contributed by atoms with E-state index < -0.39 is 14.7 Å². The summed E-state index contributed by atoms with van der Waals surface area (Å²) in [5, 5.41) is 1.43. The summed E-state index contributed by atoms with van der Waals surface area (Å²) >= 11 is 0. The molecular formula is C24H20O4P2Ti. The minimum absolute atomic E-state index is 0. The molecule has 0 amide bonds. The molecule has 4 aromatic carbocycles. The van der Waals surface area contributed by atoms with Crippen molar-refractivity contribution >= 4 is 36.0 Å². The van der Waals surface area contributed by atoms with Gasteiger partial charge in [0.05, 0.1) is 14.7 Å². The Hall–Kier alpha value is -2.03. The zero-order chi connectivity index (χ0) is 21.5. The third kappa shape index (κ3) is 6.48. The van der Waals surface area contributed by atoms with Crippen LogP contribution in [-0.4, -0.2) is 0 Å². The van der Waals surface area contributed by atoms with Gasteiger partial charge in [-0.05, 0) is 0 Å². The SMILES string of the molecule is O=P([O-])(c1ccccc1)c1ccccc1.O=P([O-])(c1ccccc1)c1ccccc1.[Ti+2]. The van der Waals surface area contributed by atoms with Gasteiger partial charge in [0, 0.05) is 21.2 Å². The van der Waals surface area contributed by atoms with Gasteiger partial charge in [0.2, 0.25) is 0 Å². The third-order valence-corrected chi connectivity index (χ3v) is 8.30. The number of rotatable bonds is 4. The number of benzene rings is 4. The second kappa shape index (κ2) is 11.6. The van der Waals surface area contributed by atoms with Crippen molar-refractivity contribution < 1.29 is 40.6 Å². The van der Waals surface area contributed by atoms with Crippen molar-refractivity contribution in [3.8, 4) is 0 Å². The van der Waals surface area contributed by atoms with Crippen molar-refractivity contribution in [2.75, 3.05) is 0 Å². The summed E-state index contributed by atoms with van der Waals surface area (Å²) < 4.78 is 24.1. The molecule has 0 saturated carbocycles. The molecule has 7 heteroatoms. The molecule has 0 fully saturated rings. The van der Waals surface area contributed by atoms with E-state index in [1.807, 2.05) is 0 Å². The van der Waals surface area contributed by atoms with Crippen molar-refractivity contribution in [2.45, 2.75) is 0 Å². The average Bonchev–Trinajstić information content (AvgIpc) is 2.82. The summed E-state index contributed by atoms with van der Waals surface area (Å²) in [5.41, 5.74) is 0. The maximum Gasteiger partial charge on any atom is 2.00 e. The molecule has 4 rings (SSSR count). The van der Waals surface area contributed by atoms with E-state index in [1.165, 1.54) is 0 Å². The van der Waals surface area contributed by atoms with Crippen LogP contribution in [0.25, 0.3) is 0 Å². The Balaban J connectivity index is 0.000000213. The Bertz CT molecular complexity index is 973. The van der Waals surface area contributed by atoms with Gasteiger partial charge in [-0.15, -0.1) is 0 Å². The monoisotopic (exact) mass is 482 g/mol. The first-order chi connectivity index (χ1) is 14.4. The molecule has 0 spiro atoms. The molecule has 4 nitrogen and oxygen atoms in total. The van der Waals surface area contributed by atoms with E-state index in [0.29, 0.717) is 21.2 Å². The van der Waals surface area contributed by atoms with Crippen LogP contribution in [0, 0.1) is 0 Å². The summed E-state index contributed by atoms with van der Waals surface area (Å²) in [6.07, 6.45) is 0. The van der Waals surface area contributed by atoms with Crippen LogP contribution < -0.4 is 31.0 Å². The Morgan fingerprint density at radius 3 is 0.710 bits per heavy atom. The fraction of sp³-hybridized carbons (Fsp3) is 0. The predicted molar refractivity (Wildman–Crippen MR) is 120 cm³/mol. The van der Waals surface area contributed by atoms with Crippen LogP contribution in [0.15, 0.2) is 121 Å². The fourth-order valence-corrected chi connectivity index (χ4v) is 5.65. The quantitative estimate of drug-likeness (QED) is 0.331. The van der Waals surface area contributed by atoms with Crippen LogP contribution >= 0.6 is 14.7 Å². The minimum Gasteiger partial charge on any atom is -0.793 e. The van der Waals surface area contributed by atoms with Crippen LogP contribution in [0.5, 0.6) is 0 Å². The van der Waals surface area contributed by atoms with Crippen LogP contribution in [0.4, 0.5) is 0 Å². The van der Waals surface area contributed by atoms with Crippen LogP contribution in [0.1, 0.15) is 0 Å². The zero-order valence-electron chi connectivity index (χ0n) is 16.6. The molecule has 0 atom stereocenters. The van der Waals surface area contributed by atoms with Gasteiger partial charge < -0.3 is 18.9 Å². The number of hydrogen-bond acceptors (Lipinski definition) is 4. The number of hydrogen-bond donors (Lipinski definition) is 0. The Morgan fingerprint density at radius 1 is 0.387 bits per heavy atom. The molecule has 4 aromatic rings. The van der Waals surface area contributed by atoms with E-state index >= 15 is 0 Å². The van der Waals surface area contributed by atoms with Crippen molar-refractivity contribution in [1.82, 2.24) is 0 Å². The van der Waals surface area contributed by atoms with Crippen LogP contribution in [-0.2, 0) is 30.8 Å². The van der Waals surface area contributed by atoms with Crippen molar-refractivity contribution in [3.63, 3.8) is 0 Å². The second-order valence-electron chi connectivity index (χ2n) is 6.45. The molecular weight excluding hydrogens is 462 g/mol. The molecule has 154 valence electrons. The molecule has 0 aliphatic rings. The normalized spacial score (nSPS) is 10.9. The Kier molecular flexibility index (Phi) is 9.41. The van der Waals surface area contributed by atoms with E-state index in [1.54, 1.807) is 121 Å². The summed E-state index contributed by atoms with van der Waals surface area (Å²) in [5.74, 6) is 0. The predicted octanol–water partition coefficient (Wildman–Crippen LogP) is 2.55. The first-order valence-corrected chi connectivity index (χ1v) is 12.5. The smallest absolute Gasteiger partial charge is 0.793 e. The van der Waals surface area contributed by atoms with Gasteiger partial charge in [0.25, 0.3) is 0 Å². The van der Waals surface area contributed by atoms with Crippen LogP contribution in [0.3, 0.4) is 0 Å². The van der Waals surface area contributed by atoms with E-state index in [9.17, 15) is 18.9 Å². The van der Waals surface area contributed by atoms with Gasteiger partial charge in [0.1, 0.15) is 0 Å². The molecule has 0 aliphatic carbocycles. The van der Waals surface area contributed by atoms with Crippen molar-refractivity contribution in [3.05, 3.63) is 121 Å². The largest absolute Gasteiger partial charge is 2.00 e. The molecule has 0 radical (unpaired) electrons. The maximum absolute atomic E-state index is 12.1. The van der Waals surface area contributed by atoms with Gasteiger partial charge in [-0.25, -0.2) is 0 Å². The van der Waals surface area contributed by atoms with Gasteiger partial charge in [-0.2, -0.15) is 0 Å². The molecule has 0 heterocycles. The zero-order valence-corrected chi connectivity index (χ0v) is 19.9.